The van der Waals surface area contributed by atoms with Crippen LogP contribution in [0.4, 0.5) is 0 Å². The molecule has 0 saturated carbocycles. The van der Waals surface area contributed by atoms with Crippen LogP contribution < -0.4 is 5.32 Å². The molecule has 2 N–H and O–H groups in total. The average molecular weight is 450 g/mol. The smallest absolute Gasteiger partial charge is 0.0999 e. The van der Waals surface area contributed by atoms with Gasteiger partial charge in [-0.05, 0) is 26.0 Å². The predicted molar refractivity (Wildman–Crippen MR) is 133 cm³/mol. The maximum atomic E-state index is 7.97. The monoisotopic (exact) mass is 449 g/mol. The molecule has 4 heterocycles. The van der Waals surface area contributed by atoms with Crippen LogP contribution in [0.5, 0.6) is 0 Å². The van der Waals surface area contributed by atoms with Crippen molar-refractivity contribution in [3.8, 4) is 11.3 Å². The van der Waals surface area contributed by atoms with Crippen LogP contribution in [-0.4, -0.2) is 86.7 Å². The number of piperazine rings is 1. The van der Waals surface area contributed by atoms with E-state index >= 15 is 0 Å². The summed E-state index contributed by atoms with van der Waals surface area (Å²) in [5.41, 5.74) is 4.14. The first-order valence-corrected chi connectivity index (χ1v) is 11.9. The molecule has 176 valence electrons. The van der Waals surface area contributed by atoms with Crippen molar-refractivity contribution < 1.29 is 0 Å². The third kappa shape index (κ3) is 5.31. The molecule has 9 heteroatoms. The number of allylic oxidation sites excluding steroid dienone is 1. The van der Waals surface area contributed by atoms with E-state index in [1.165, 1.54) is 6.21 Å². The highest BCUT2D eigenvalue weighted by atomic mass is 15.3. The van der Waals surface area contributed by atoms with Crippen molar-refractivity contribution in [1.82, 2.24) is 39.5 Å². The number of fused-ring (bicyclic) bond motifs is 1. The van der Waals surface area contributed by atoms with Crippen LogP contribution in [0.2, 0.25) is 0 Å². The third-order valence-corrected chi connectivity index (χ3v) is 6.46. The molecule has 0 aliphatic carbocycles. The van der Waals surface area contributed by atoms with Gasteiger partial charge >= 0.3 is 0 Å². The van der Waals surface area contributed by atoms with Gasteiger partial charge in [0, 0.05) is 69.0 Å². The minimum atomic E-state index is 0.379. The number of rotatable bonds is 10. The number of likely N-dealkylation sites (N-methyl/N-ethyl adjacent to an activating group) is 1. The van der Waals surface area contributed by atoms with E-state index in [2.05, 4.69) is 52.4 Å². The van der Waals surface area contributed by atoms with Gasteiger partial charge in [0.25, 0.3) is 0 Å². The Morgan fingerprint density at radius 3 is 2.67 bits per heavy atom. The molecule has 0 atom stereocenters. The Kier molecular flexibility index (Phi) is 7.51. The maximum Gasteiger partial charge on any atom is 0.0999 e. The van der Waals surface area contributed by atoms with Crippen molar-refractivity contribution in [2.45, 2.75) is 32.7 Å². The van der Waals surface area contributed by atoms with Crippen LogP contribution >= 0.6 is 0 Å². The average Bonchev–Trinajstić information content (AvgIpc) is 3.51. The Hall–Kier alpha value is -3.04. The second-order valence-corrected chi connectivity index (χ2v) is 8.66. The summed E-state index contributed by atoms with van der Waals surface area (Å²) in [6, 6.07) is 2.34. The van der Waals surface area contributed by atoms with E-state index < -0.39 is 0 Å². The first-order chi connectivity index (χ1) is 16.1. The molecule has 33 heavy (non-hydrogen) atoms. The SMILES string of the molecule is CCC(CC)n1cc(-c2nc(/C(C=N)=C/NCCN3CCN(C)CC3)cn3nccc23)cn1. The lowest BCUT2D eigenvalue weighted by Gasteiger charge is -2.32. The van der Waals surface area contributed by atoms with Crippen molar-refractivity contribution in [3.63, 3.8) is 0 Å². The zero-order chi connectivity index (χ0) is 23.2. The number of nitrogens with one attached hydrogen (secondary N) is 2. The second-order valence-electron chi connectivity index (χ2n) is 8.66. The van der Waals surface area contributed by atoms with Gasteiger partial charge in [0.1, 0.15) is 0 Å². The van der Waals surface area contributed by atoms with E-state index in [1.807, 2.05) is 33.9 Å². The molecule has 1 aliphatic heterocycles. The summed E-state index contributed by atoms with van der Waals surface area (Å²) < 4.78 is 3.86. The van der Waals surface area contributed by atoms with E-state index in [-0.39, 0.29) is 0 Å². The first kappa shape index (κ1) is 23.1. The number of aromatic nitrogens is 5. The molecule has 0 radical (unpaired) electrons. The number of nitrogens with zero attached hydrogens (tertiary/aromatic N) is 7. The fourth-order valence-corrected chi connectivity index (χ4v) is 4.27. The van der Waals surface area contributed by atoms with Crippen LogP contribution in [-0.2, 0) is 0 Å². The van der Waals surface area contributed by atoms with Gasteiger partial charge in [-0.1, -0.05) is 13.8 Å². The lowest BCUT2D eigenvalue weighted by molar-refractivity contribution is 0.156. The summed E-state index contributed by atoms with van der Waals surface area (Å²) in [5.74, 6) is 0. The Morgan fingerprint density at radius 1 is 1.15 bits per heavy atom. The van der Waals surface area contributed by atoms with Gasteiger partial charge in [-0.2, -0.15) is 10.2 Å². The largest absolute Gasteiger partial charge is 0.389 e. The normalized spacial score (nSPS) is 16.1. The lowest BCUT2D eigenvalue weighted by Crippen LogP contribution is -2.46. The summed E-state index contributed by atoms with van der Waals surface area (Å²) in [7, 11) is 2.17. The van der Waals surface area contributed by atoms with Crippen molar-refractivity contribution in [2.24, 2.45) is 0 Å². The molecule has 1 aliphatic rings. The minimum Gasteiger partial charge on any atom is -0.389 e. The van der Waals surface area contributed by atoms with E-state index in [0.29, 0.717) is 11.7 Å². The van der Waals surface area contributed by atoms with Crippen LogP contribution in [0, 0.1) is 5.41 Å². The molecule has 0 amide bonds. The second kappa shape index (κ2) is 10.7. The molecule has 1 saturated heterocycles. The van der Waals surface area contributed by atoms with Crippen molar-refractivity contribution in [3.05, 3.63) is 42.7 Å². The van der Waals surface area contributed by atoms with Crippen molar-refractivity contribution in [2.75, 3.05) is 46.3 Å². The summed E-state index contributed by atoms with van der Waals surface area (Å²) >= 11 is 0. The van der Waals surface area contributed by atoms with Gasteiger partial charge in [-0.25, -0.2) is 9.50 Å². The van der Waals surface area contributed by atoms with Gasteiger partial charge < -0.3 is 15.6 Å². The van der Waals surface area contributed by atoms with E-state index in [0.717, 1.165) is 74.5 Å². The zero-order valence-corrected chi connectivity index (χ0v) is 19.9. The molecule has 1 fully saturated rings. The summed E-state index contributed by atoms with van der Waals surface area (Å²) in [6.45, 7) is 10.6. The van der Waals surface area contributed by atoms with Gasteiger partial charge in [-0.15, -0.1) is 0 Å². The minimum absolute atomic E-state index is 0.379. The highest BCUT2D eigenvalue weighted by Crippen LogP contribution is 2.26. The molecule has 0 spiro atoms. The molecular formula is C24H35N9. The highest BCUT2D eigenvalue weighted by Gasteiger charge is 2.16. The molecule has 3 aromatic rings. The standard InChI is InChI=1S/C24H35N9/c1-4-21(5-2)32-17-20(16-28-32)24-23-6-7-27-33(23)18-22(29-24)19(14-25)15-26-8-9-31-12-10-30(3)11-13-31/h6-7,14-18,21,25-26H,4-5,8-13H2,1-3H3/b19-15+,25-14?. The summed E-state index contributed by atoms with van der Waals surface area (Å²) in [4.78, 5) is 9.75. The Labute approximate surface area is 195 Å². The van der Waals surface area contributed by atoms with Crippen LogP contribution in [0.3, 0.4) is 0 Å². The fourth-order valence-electron chi connectivity index (χ4n) is 4.27. The predicted octanol–water partition coefficient (Wildman–Crippen LogP) is 2.78. The van der Waals surface area contributed by atoms with Crippen molar-refractivity contribution >= 4 is 17.3 Å². The van der Waals surface area contributed by atoms with Crippen molar-refractivity contribution in [1.29, 1.82) is 5.41 Å². The summed E-state index contributed by atoms with van der Waals surface area (Å²) in [6.07, 6.45) is 12.9. The van der Waals surface area contributed by atoms with Crippen LogP contribution in [0.15, 0.2) is 37.1 Å². The molecule has 4 rings (SSSR count). The Balaban J connectivity index is 1.53. The first-order valence-electron chi connectivity index (χ1n) is 11.9. The number of hydrogen-bond donors (Lipinski definition) is 2. The quantitative estimate of drug-likeness (QED) is 0.365. The molecular weight excluding hydrogens is 414 g/mol. The molecule has 3 aromatic heterocycles. The zero-order valence-electron chi connectivity index (χ0n) is 19.9. The maximum absolute atomic E-state index is 7.97. The third-order valence-electron chi connectivity index (χ3n) is 6.46. The van der Waals surface area contributed by atoms with Gasteiger partial charge in [0.05, 0.1) is 41.5 Å². The molecule has 0 unspecified atom stereocenters. The van der Waals surface area contributed by atoms with Crippen LogP contribution in [0.1, 0.15) is 38.4 Å². The Bertz CT molecular complexity index is 1080. The molecule has 9 nitrogen and oxygen atoms in total. The van der Waals surface area contributed by atoms with Gasteiger partial charge in [-0.3, -0.25) is 9.58 Å². The number of hydrogen-bond acceptors (Lipinski definition) is 7. The lowest BCUT2D eigenvalue weighted by atomic mass is 10.1. The van der Waals surface area contributed by atoms with E-state index in [1.54, 1.807) is 6.20 Å². The van der Waals surface area contributed by atoms with Crippen LogP contribution in [0.25, 0.3) is 22.3 Å². The molecule has 0 bridgehead atoms. The Morgan fingerprint density at radius 2 is 1.94 bits per heavy atom. The summed E-state index contributed by atoms with van der Waals surface area (Å²) in [5, 5.41) is 20.4. The van der Waals surface area contributed by atoms with E-state index in [9.17, 15) is 0 Å². The fraction of sp³-hybridized carbons (Fsp3) is 0.500. The van der Waals surface area contributed by atoms with E-state index in [4.69, 9.17) is 10.4 Å². The highest BCUT2D eigenvalue weighted by molar-refractivity contribution is 6.07. The topological polar surface area (TPSA) is 90.4 Å². The molecule has 0 aromatic carbocycles. The van der Waals surface area contributed by atoms with Gasteiger partial charge in [0.15, 0.2) is 0 Å². The van der Waals surface area contributed by atoms with Gasteiger partial charge in [0.2, 0.25) is 0 Å².